The van der Waals surface area contributed by atoms with Gasteiger partial charge in [0.1, 0.15) is 10.8 Å². The summed E-state index contributed by atoms with van der Waals surface area (Å²) in [5.41, 5.74) is 5.62. The van der Waals surface area contributed by atoms with Crippen LogP contribution in [0.5, 0.6) is 0 Å². The molecule has 2 fully saturated rings. The van der Waals surface area contributed by atoms with Crippen molar-refractivity contribution in [2.24, 2.45) is 0 Å². The van der Waals surface area contributed by atoms with Crippen LogP contribution in [-0.4, -0.2) is 41.1 Å². The third-order valence-corrected chi connectivity index (χ3v) is 5.37. The van der Waals surface area contributed by atoms with Crippen LogP contribution in [-0.2, 0) is 0 Å². The second kappa shape index (κ2) is 6.00. The summed E-state index contributed by atoms with van der Waals surface area (Å²) in [7, 11) is 0. The highest BCUT2D eigenvalue weighted by Gasteiger charge is 2.29. The van der Waals surface area contributed by atoms with E-state index in [-0.39, 0.29) is 0 Å². The molecule has 0 aromatic carbocycles. The fraction of sp³-hybridized carbons (Fsp3) is 0.368. The van der Waals surface area contributed by atoms with Crippen molar-refractivity contribution in [3.63, 3.8) is 0 Å². The van der Waals surface area contributed by atoms with Crippen LogP contribution >= 0.6 is 11.6 Å². The van der Waals surface area contributed by atoms with E-state index in [1.54, 1.807) is 0 Å². The number of nitrogens with one attached hydrogen (secondary N) is 2. The van der Waals surface area contributed by atoms with Crippen molar-refractivity contribution in [2.45, 2.75) is 18.8 Å². The number of nitrogens with zero attached hydrogens (tertiary/aromatic N) is 3. The van der Waals surface area contributed by atoms with E-state index in [2.05, 4.69) is 32.4 Å². The molecule has 1 saturated heterocycles. The summed E-state index contributed by atoms with van der Waals surface area (Å²) in [5, 5.41) is 5.06. The quantitative estimate of drug-likeness (QED) is 0.755. The molecule has 128 valence electrons. The van der Waals surface area contributed by atoms with Gasteiger partial charge in [-0.15, -0.1) is 0 Å². The molecule has 0 spiro atoms. The molecule has 0 radical (unpaired) electrons. The molecule has 0 atom stereocenters. The maximum atomic E-state index is 6.14. The van der Waals surface area contributed by atoms with E-state index in [9.17, 15) is 0 Å². The largest absolute Gasteiger partial charge is 0.369 e. The summed E-state index contributed by atoms with van der Waals surface area (Å²) in [4.78, 5) is 14.8. The minimum Gasteiger partial charge on any atom is -0.369 e. The third-order valence-electron chi connectivity index (χ3n) is 5.16. The van der Waals surface area contributed by atoms with Crippen molar-refractivity contribution in [1.29, 1.82) is 0 Å². The molecule has 1 aliphatic carbocycles. The van der Waals surface area contributed by atoms with E-state index in [0.717, 1.165) is 48.5 Å². The van der Waals surface area contributed by atoms with Crippen molar-refractivity contribution < 1.29 is 0 Å². The number of fused-ring (bicyclic) bond motifs is 1. The minimum atomic E-state index is 0.604. The molecule has 2 N–H and O–H groups in total. The molecular weight excluding hydrogens is 334 g/mol. The van der Waals surface area contributed by atoms with E-state index in [1.165, 1.54) is 24.1 Å². The fourth-order valence-corrected chi connectivity index (χ4v) is 3.91. The van der Waals surface area contributed by atoms with Gasteiger partial charge in [0.2, 0.25) is 0 Å². The molecule has 5 nitrogen and oxygen atoms in total. The lowest BCUT2D eigenvalue weighted by molar-refractivity contribution is 0.587. The number of pyridine rings is 2. The number of hydrogen-bond donors (Lipinski definition) is 2. The Balaban J connectivity index is 1.63. The first-order valence-electron chi connectivity index (χ1n) is 8.89. The van der Waals surface area contributed by atoms with Gasteiger partial charge < -0.3 is 15.2 Å². The van der Waals surface area contributed by atoms with Gasteiger partial charge in [-0.25, -0.2) is 4.98 Å². The first kappa shape index (κ1) is 15.2. The maximum Gasteiger partial charge on any atom is 0.139 e. The Morgan fingerprint density at radius 2 is 1.96 bits per heavy atom. The van der Waals surface area contributed by atoms with Crippen molar-refractivity contribution in [3.05, 3.63) is 41.3 Å². The Labute approximate surface area is 151 Å². The van der Waals surface area contributed by atoms with Crippen LogP contribution in [0, 0.1) is 0 Å². The number of halogens is 1. The molecule has 25 heavy (non-hydrogen) atoms. The molecule has 5 rings (SSSR count). The Bertz CT molecular complexity index is 925. The van der Waals surface area contributed by atoms with Gasteiger partial charge in [0.25, 0.3) is 0 Å². The van der Waals surface area contributed by atoms with Gasteiger partial charge in [0, 0.05) is 55.2 Å². The van der Waals surface area contributed by atoms with E-state index < -0.39 is 0 Å². The van der Waals surface area contributed by atoms with Gasteiger partial charge in [0.15, 0.2) is 0 Å². The molecule has 4 heterocycles. The lowest BCUT2D eigenvalue weighted by Gasteiger charge is -2.31. The van der Waals surface area contributed by atoms with Crippen molar-refractivity contribution >= 4 is 28.3 Å². The first-order chi connectivity index (χ1) is 12.3. The van der Waals surface area contributed by atoms with E-state index in [0.29, 0.717) is 11.1 Å². The molecule has 3 aromatic rings. The number of H-pyrrole nitrogens is 1. The monoisotopic (exact) mass is 353 g/mol. The maximum absolute atomic E-state index is 6.14. The summed E-state index contributed by atoms with van der Waals surface area (Å²) in [6, 6.07) is 6.21. The Kier molecular flexibility index (Phi) is 3.64. The number of hydrogen-bond acceptors (Lipinski definition) is 4. The average Bonchev–Trinajstić information content (AvgIpc) is 3.42. The smallest absolute Gasteiger partial charge is 0.139 e. The van der Waals surface area contributed by atoms with Crippen molar-refractivity contribution in [3.8, 4) is 11.3 Å². The summed E-state index contributed by atoms with van der Waals surface area (Å²) >= 11 is 6.14. The lowest BCUT2D eigenvalue weighted by Crippen LogP contribution is -2.43. The second-order valence-electron chi connectivity index (χ2n) is 6.88. The van der Waals surface area contributed by atoms with Gasteiger partial charge in [-0.05, 0) is 42.5 Å². The zero-order valence-corrected chi connectivity index (χ0v) is 14.7. The summed E-state index contributed by atoms with van der Waals surface area (Å²) < 4.78 is 0. The molecule has 0 unspecified atom stereocenters. The van der Waals surface area contributed by atoms with E-state index in [1.807, 2.05) is 18.3 Å². The number of aromatic nitrogens is 3. The van der Waals surface area contributed by atoms with Gasteiger partial charge >= 0.3 is 0 Å². The van der Waals surface area contributed by atoms with Crippen LogP contribution < -0.4 is 10.2 Å². The summed E-state index contributed by atoms with van der Waals surface area (Å²) in [6.45, 7) is 4.17. The molecule has 6 heteroatoms. The Morgan fingerprint density at radius 3 is 2.76 bits per heavy atom. The topological polar surface area (TPSA) is 56.8 Å². The molecule has 2 aliphatic rings. The number of anilines is 1. The number of aromatic amines is 1. The highest BCUT2D eigenvalue weighted by Crippen LogP contribution is 2.45. The highest BCUT2D eigenvalue weighted by atomic mass is 35.5. The van der Waals surface area contributed by atoms with Crippen LogP contribution in [0.3, 0.4) is 0 Å². The summed E-state index contributed by atoms with van der Waals surface area (Å²) in [6.07, 6.45) is 6.47. The lowest BCUT2D eigenvalue weighted by atomic mass is 10.0. The molecule has 0 bridgehead atoms. The number of rotatable bonds is 3. The third kappa shape index (κ3) is 2.77. The normalized spacial score (nSPS) is 18.0. The van der Waals surface area contributed by atoms with Crippen LogP contribution in [0.1, 0.15) is 24.3 Å². The molecule has 3 aromatic heterocycles. The van der Waals surface area contributed by atoms with Crippen LogP contribution in [0.15, 0.2) is 30.6 Å². The average molecular weight is 354 g/mol. The number of piperazine rings is 1. The van der Waals surface area contributed by atoms with Crippen LogP contribution in [0.4, 0.5) is 5.69 Å². The Hall–Kier alpha value is -2.11. The molecule has 0 amide bonds. The van der Waals surface area contributed by atoms with Gasteiger partial charge in [-0.2, -0.15) is 0 Å². The molecule has 1 aliphatic heterocycles. The van der Waals surface area contributed by atoms with E-state index in [4.69, 9.17) is 16.6 Å². The molecular formula is C19H20ClN5. The predicted octanol–water partition coefficient (Wildman–Crippen LogP) is 3.57. The van der Waals surface area contributed by atoms with E-state index >= 15 is 0 Å². The fourth-order valence-electron chi connectivity index (χ4n) is 3.71. The highest BCUT2D eigenvalue weighted by molar-refractivity contribution is 6.30. The predicted molar refractivity (Wildman–Crippen MR) is 101 cm³/mol. The van der Waals surface area contributed by atoms with Gasteiger partial charge in [-0.3, -0.25) is 4.98 Å². The SMILES string of the molecule is Clc1cc2c(-c3cc(N4CCNCC4)c(C4CC4)cn3)ccnc2[nH]1. The van der Waals surface area contributed by atoms with Gasteiger partial charge in [0.05, 0.1) is 5.69 Å². The van der Waals surface area contributed by atoms with Crippen LogP contribution in [0.2, 0.25) is 5.15 Å². The zero-order chi connectivity index (χ0) is 16.8. The Morgan fingerprint density at radius 1 is 1.12 bits per heavy atom. The minimum absolute atomic E-state index is 0.604. The van der Waals surface area contributed by atoms with Crippen LogP contribution in [0.25, 0.3) is 22.3 Å². The van der Waals surface area contributed by atoms with Crippen molar-refractivity contribution in [2.75, 3.05) is 31.1 Å². The zero-order valence-electron chi connectivity index (χ0n) is 13.9. The molecule has 1 saturated carbocycles. The first-order valence-corrected chi connectivity index (χ1v) is 9.26. The van der Waals surface area contributed by atoms with Gasteiger partial charge in [-0.1, -0.05) is 11.6 Å². The summed E-state index contributed by atoms with van der Waals surface area (Å²) in [5.74, 6) is 0.686. The standard InChI is InChI=1S/C19H20ClN5/c20-18-9-14-13(3-4-22-19(14)24-18)16-10-17(25-7-5-21-6-8-25)15(11-23-16)12-1-2-12/h3-4,9-12,21H,1-2,5-8H2,(H,22,24). The van der Waals surface area contributed by atoms with Crippen molar-refractivity contribution in [1.82, 2.24) is 20.3 Å². The second-order valence-corrected chi connectivity index (χ2v) is 7.28.